The minimum absolute atomic E-state index is 0.0843. The lowest BCUT2D eigenvalue weighted by atomic mass is 9.97. The van der Waals surface area contributed by atoms with Crippen molar-refractivity contribution in [3.05, 3.63) is 40.5 Å². The molecule has 0 saturated carbocycles. The number of ether oxygens (including phenoxy) is 1. The van der Waals surface area contributed by atoms with Crippen molar-refractivity contribution in [2.75, 3.05) is 39.5 Å². The number of carbonyl (C=O) groups is 2. The highest BCUT2D eigenvalue weighted by Crippen LogP contribution is 2.34. The average Bonchev–Trinajstić information content (AvgIpc) is 3.01. The first-order chi connectivity index (χ1) is 14.6. The molecule has 1 saturated heterocycles. The molecule has 1 aromatic carbocycles. The van der Waals surface area contributed by atoms with Gasteiger partial charge in [-0.1, -0.05) is 37.1 Å². The summed E-state index contributed by atoms with van der Waals surface area (Å²) in [5, 5.41) is 10.2. The quantitative estimate of drug-likeness (QED) is 0.452. The van der Waals surface area contributed by atoms with E-state index in [1.54, 1.807) is 24.3 Å². The van der Waals surface area contributed by atoms with E-state index in [4.69, 9.17) is 16.3 Å². The lowest BCUT2D eigenvalue weighted by Gasteiger charge is -2.34. The second-order valence-electron chi connectivity index (χ2n) is 7.95. The van der Waals surface area contributed by atoms with Crippen LogP contribution in [-0.2, 0) is 14.3 Å². The Bertz CT molecular complexity index is 778. The fourth-order valence-corrected chi connectivity index (χ4v) is 4.15. The van der Waals surface area contributed by atoms with Gasteiger partial charge in [-0.05, 0) is 49.3 Å². The zero-order valence-corrected chi connectivity index (χ0v) is 18.4. The Hall–Kier alpha value is -1.89. The highest BCUT2D eigenvalue weighted by Gasteiger charge is 2.42. The molecule has 30 heavy (non-hydrogen) atoms. The molecule has 1 atom stereocenters. The summed E-state index contributed by atoms with van der Waals surface area (Å²) < 4.78 is 5.59. The number of hydrogen-bond donors (Lipinski definition) is 1. The van der Waals surface area contributed by atoms with Gasteiger partial charge in [-0.15, -0.1) is 0 Å². The summed E-state index contributed by atoms with van der Waals surface area (Å²) >= 11 is 6.03. The van der Waals surface area contributed by atoms with Crippen molar-refractivity contribution in [2.45, 2.75) is 39.0 Å². The molecule has 1 N–H and O–H groups in total. The van der Waals surface area contributed by atoms with Crippen LogP contribution in [0.5, 0.6) is 0 Å². The number of carbonyl (C=O) groups excluding carboxylic acids is 2. The van der Waals surface area contributed by atoms with Crippen molar-refractivity contribution in [1.29, 1.82) is 0 Å². The van der Waals surface area contributed by atoms with E-state index < -0.39 is 0 Å². The van der Waals surface area contributed by atoms with Gasteiger partial charge in [-0.25, -0.2) is 0 Å². The van der Waals surface area contributed by atoms with Crippen molar-refractivity contribution in [3.63, 3.8) is 0 Å². The van der Waals surface area contributed by atoms with Gasteiger partial charge in [-0.2, -0.15) is 0 Å². The highest BCUT2D eigenvalue weighted by molar-refractivity contribution is 6.36. The maximum Gasteiger partial charge on any atom is 0.277 e. The number of halogens is 1. The SMILES string of the molecule is CCCCOCCCN1C(=O)C(c2ccc(Cl)cc2)=C(N2CCCC(CO)C2)C1=O. The van der Waals surface area contributed by atoms with Crippen LogP contribution in [-0.4, -0.2) is 66.2 Å². The number of piperidine rings is 1. The molecule has 7 heteroatoms. The molecule has 6 nitrogen and oxygen atoms in total. The molecule has 3 rings (SSSR count). The van der Waals surface area contributed by atoms with Gasteiger partial charge in [0.2, 0.25) is 0 Å². The third-order valence-electron chi connectivity index (χ3n) is 5.68. The van der Waals surface area contributed by atoms with Crippen LogP contribution >= 0.6 is 11.6 Å². The Balaban J connectivity index is 1.81. The van der Waals surface area contributed by atoms with E-state index in [1.807, 2.05) is 4.90 Å². The first-order valence-electron chi connectivity index (χ1n) is 10.9. The predicted molar refractivity (Wildman–Crippen MR) is 117 cm³/mol. The van der Waals surface area contributed by atoms with Crippen LogP contribution in [0.3, 0.4) is 0 Å². The van der Waals surface area contributed by atoms with E-state index in [-0.39, 0.29) is 24.3 Å². The largest absolute Gasteiger partial charge is 0.396 e. The normalized spacial score (nSPS) is 19.9. The molecule has 0 bridgehead atoms. The van der Waals surface area contributed by atoms with Crippen LogP contribution in [0, 0.1) is 5.92 Å². The molecule has 2 amide bonds. The molecular weight excluding hydrogens is 404 g/mol. The van der Waals surface area contributed by atoms with E-state index in [1.165, 1.54) is 4.90 Å². The van der Waals surface area contributed by atoms with Gasteiger partial charge < -0.3 is 14.7 Å². The molecule has 2 aliphatic heterocycles. The summed E-state index contributed by atoms with van der Waals surface area (Å²) in [6.45, 7) is 5.04. The number of rotatable bonds is 10. The van der Waals surface area contributed by atoms with E-state index in [0.29, 0.717) is 61.1 Å². The van der Waals surface area contributed by atoms with Gasteiger partial charge in [0.15, 0.2) is 0 Å². The second-order valence-corrected chi connectivity index (χ2v) is 8.39. The monoisotopic (exact) mass is 434 g/mol. The van der Waals surface area contributed by atoms with Gasteiger partial charge in [0, 0.05) is 44.5 Å². The van der Waals surface area contributed by atoms with E-state index in [9.17, 15) is 14.7 Å². The third kappa shape index (κ3) is 5.23. The van der Waals surface area contributed by atoms with Crippen LogP contribution in [0.2, 0.25) is 5.02 Å². The predicted octanol–water partition coefficient (Wildman–Crippen LogP) is 3.33. The molecule has 0 radical (unpaired) electrons. The lowest BCUT2D eigenvalue weighted by Crippen LogP contribution is -2.40. The number of imide groups is 1. The zero-order valence-electron chi connectivity index (χ0n) is 17.6. The van der Waals surface area contributed by atoms with Crippen molar-refractivity contribution in [1.82, 2.24) is 9.80 Å². The first-order valence-corrected chi connectivity index (χ1v) is 11.2. The summed E-state index contributed by atoms with van der Waals surface area (Å²) in [6, 6.07) is 7.04. The van der Waals surface area contributed by atoms with Crippen LogP contribution in [0.25, 0.3) is 5.57 Å². The molecule has 2 aliphatic rings. The Kier molecular flexibility index (Phi) is 8.31. The van der Waals surface area contributed by atoms with Gasteiger partial charge in [0.25, 0.3) is 11.8 Å². The summed E-state index contributed by atoms with van der Waals surface area (Å²) in [6.07, 6.45) is 4.51. The van der Waals surface area contributed by atoms with Crippen LogP contribution in [0.4, 0.5) is 0 Å². The third-order valence-corrected chi connectivity index (χ3v) is 5.93. The number of aliphatic hydroxyl groups excluding tert-OH is 1. The topological polar surface area (TPSA) is 70.1 Å². The van der Waals surface area contributed by atoms with Crippen LogP contribution < -0.4 is 0 Å². The van der Waals surface area contributed by atoms with Crippen molar-refractivity contribution in [2.24, 2.45) is 5.92 Å². The number of hydrogen-bond acceptors (Lipinski definition) is 5. The van der Waals surface area contributed by atoms with E-state index in [0.717, 1.165) is 25.7 Å². The standard InChI is InChI=1S/C23H31ClN2O4/c1-2-3-13-30-14-5-12-26-22(28)20(18-7-9-19(24)10-8-18)21(23(26)29)25-11-4-6-17(15-25)16-27/h7-10,17,27H,2-6,11-16H2,1H3. The Morgan fingerprint density at radius 3 is 2.57 bits per heavy atom. The molecule has 0 aliphatic carbocycles. The number of nitrogens with zero attached hydrogens (tertiary/aromatic N) is 2. The minimum atomic E-state index is -0.267. The first kappa shape index (κ1) is 22.8. The Labute approximate surface area is 183 Å². The molecule has 2 heterocycles. The molecule has 0 aromatic heterocycles. The summed E-state index contributed by atoms with van der Waals surface area (Å²) in [5.74, 6) is -0.407. The van der Waals surface area contributed by atoms with Gasteiger partial charge in [0.1, 0.15) is 5.70 Å². The van der Waals surface area contributed by atoms with E-state index in [2.05, 4.69) is 6.92 Å². The van der Waals surface area contributed by atoms with Gasteiger partial charge in [0.05, 0.1) is 5.57 Å². The smallest absolute Gasteiger partial charge is 0.277 e. The maximum atomic E-state index is 13.3. The molecular formula is C23H31ClN2O4. The average molecular weight is 435 g/mol. The Morgan fingerprint density at radius 1 is 1.13 bits per heavy atom. The number of likely N-dealkylation sites (tertiary alicyclic amines) is 1. The molecule has 1 fully saturated rings. The van der Waals surface area contributed by atoms with Gasteiger partial charge in [-0.3, -0.25) is 14.5 Å². The van der Waals surface area contributed by atoms with Crippen molar-refractivity contribution >= 4 is 29.0 Å². The maximum absolute atomic E-state index is 13.3. The summed E-state index contributed by atoms with van der Waals surface area (Å²) in [4.78, 5) is 29.9. The number of aliphatic hydroxyl groups is 1. The number of amides is 2. The fraction of sp³-hybridized carbons (Fsp3) is 0.565. The van der Waals surface area contributed by atoms with Crippen LogP contribution in [0.1, 0.15) is 44.6 Å². The lowest BCUT2D eigenvalue weighted by molar-refractivity contribution is -0.137. The van der Waals surface area contributed by atoms with Crippen LogP contribution in [0.15, 0.2) is 30.0 Å². The van der Waals surface area contributed by atoms with Crippen molar-refractivity contribution in [3.8, 4) is 0 Å². The van der Waals surface area contributed by atoms with Crippen molar-refractivity contribution < 1.29 is 19.4 Å². The van der Waals surface area contributed by atoms with Gasteiger partial charge >= 0.3 is 0 Å². The number of benzene rings is 1. The molecule has 1 aromatic rings. The minimum Gasteiger partial charge on any atom is -0.396 e. The summed E-state index contributed by atoms with van der Waals surface area (Å²) in [7, 11) is 0. The Morgan fingerprint density at radius 2 is 1.87 bits per heavy atom. The van der Waals surface area contributed by atoms with E-state index >= 15 is 0 Å². The second kappa shape index (κ2) is 10.9. The molecule has 164 valence electrons. The fourth-order valence-electron chi connectivity index (χ4n) is 4.03. The summed E-state index contributed by atoms with van der Waals surface area (Å²) in [5.41, 5.74) is 1.58. The zero-order chi connectivity index (χ0) is 21.5. The highest BCUT2D eigenvalue weighted by atomic mass is 35.5. The molecule has 0 spiro atoms. The number of unbranched alkanes of at least 4 members (excludes halogenated alkanes) is 1. The molecule has 1 unspecified atom stereocenters.